The van der Waals surface area contributed by atoms with Gasteiger partial charge >= 0.3 is 0 Å². The number of hydrogen-bond acceptors (Lipinski definition) is 3. The second-order valence-electron chi connectivity index (χ2n) is 4.66. The van der Waals surface area contributed by atoms with Crippen molar-refractivity contribution in [2.24, 2.45) is 10.7 Å². The summed E-state index contributed by atoms with van der Waals surface area (Å²) in [6, 6.07) is 8.11. The summed E-state index contributed by atoms with van der Waals surface area (Å²) in [7, 11) is 0. The van der Waals surface area contributed by atoms with E-state index in [1.807, 2.05) is 18.2 Å². The van der Waals surface area contributed by atoms with E-state index in [0.29, 0.717) is 6.42 Å². The predicted octanol–water partition coefficient (Wildman–Crippen LogP) is 2.09. The molecule has 0 aromatic heterocycles. The lowest BCUT2D eigenvalue weighted by molar-refractivity contribution is -0.120. The van der Waals surface area contributed by atoms with Gasteiger partial charge < -0.3 is 5.73 Å². The third kappa shape index (κ3) is 1.11. The molecule has 0 saturated heterocycles. The van der Waals surface area contributed by atoms with Crippen molar-refractivity contribution < 1.29 is 4.79 Å². The molecule has 4 rings (SSSR count). The van der Waals surface area contributed by atoms with Gasteiger partial charge in [-0.15, -0.1) is 0 Å². The minimum Gasteiger partial charge on any atom is -0.367 e. The van der Waals surface area contributed by atoms with E-state index in [1.165, 1.54) is 17.3 Å². The topological polar surface area (TPSA) is 55.5 Å². The highest BCUT2D eigenvalue weighted by atomic mass is 32.2. The van der Waals surface area contributed by atoms with Crippen LogP contribution in [0, 0.1) is 0 Å². The molecule has 0 radical (unpaired) electrons. The Hall–Kier alpha value is -1.81. The molecular formula is C14H10N2OS. The number of benzene rings is 1. The number of thioether (sulfide) groups is 1. The summed E-state index contributed by atoms with van der Waals surface area (Å²) in [4.78, 5) is 16.6. The van der Waals surface area contributed by atoms with Crippen LogP contribution in [0.4, 0.5) is 0 Å². The van der Waals surface area contributed by atoms with Crippen molar-refractivity contribution in [3.05, 3.63) is 51.9 Å². The Labute approximate surface area is 108 Å². The number of allylic oxidation sites excluding steroid dienone is 2. The maximum Gasteiger partial charge on any atom is 0.256 e. The number of dihydropyridines is 1. The molecule has 0 saturated carbocycles. The van der Waals surface area contributed by atoms with Gasteiger partial charge in [-0.05, 0) is 11.1 Å². The van der Waals surface area contributed by atoms with Gasteiger partial charge in [0.2, 0.25) is 0 Å². The van der Waals surface area contributed by atoms with E-state index < -0.39 is 4.87 Å². The summed E-state index contributed by atoms with van der Waals surface area (Å²) >= 11 is 1.51. The standard InChI is InChI=1S/C14H10N2OS/c15-13(17)14-7-9-6-5-8-3-1-2-4-10(8)11(16-14)12(9)18-14/h1-6H,7H2,(H2,15,17). The third-order valence-electron chi connectivity index (χ3n) is 3.57. The molecule has 1 amide bonds. The zero-order chi connectivity index (χ0) is 12.3. The monoisotopic (exact) mass is 254 g/mol. The number of aliphatic imine (C=N–C) groups is 1. The minimum absolute atomic E-state index is 0.345. The summed E-state index contributed by atoms with van der Waals surface area (Å²) in [5.41, 5.74) is 9.87. The zero-order valence-electron chi connectivity index (χ0n) is 9.51. The van der Waals surface area contributed by atoms with Gasteiger partial charge in [0.25, 0.3) is 5.91 Å². The maximum absolute atomic E-state index is 11.7. The molecule has 88 valence electrons. The van der Waals surface area contributed by atoms with E-state index in [-0.39, 0.29) is 5.91 Å². The molecule has 3 aliphatic rings. The van der Waals surface area contributed by atoms with Gasteiger partial charge in [0.05, 0.1) is 5.71 Å². The molecule has 2 bridgehead atoms. The normalized spacial score (nSPS) is 27.0. The van der Waals surface area contributed by atoms with Gasteiger partial charge in [-0.3, -0.25) is 9.79 Å². The molecule has 3 nitrogen and oxygen atoms in total. The fraction of sp³-hybridized carbons (Fsp3) is 0.143. The quantitative estimate of drug-likeness (QED) is 0.834. The fourth-order valence-electron chi connectivity index (χ4n) is 2.66. The molecule has 1 aliphatic carbocycles. The Kier molecular flexibility index (Phi) is 1.77. The largest absolute Gasteiger partial charge is 0.367 e. The number of amides is 1. The highest BCUT2D eigenvalue weighted by Gasteiger charge is 2.51. The summed E-state index contributed by atoms with van der Waals surface area (Å²) < 4.78 is 0. The average Bonchev–Trinajstić information content (AvgIpc) is 2.91. The van der Waals surface area contributed by atoms with Crippen LogP contribution in [0.2, 0.25) is 0 Å². The van der Waals surface area contributed by atoms with Crippen LogP contribution in [0.25, 0.3) is 6.08 Å². The number of rotatable bonds is 1. The second kappa shape index (κ2) is 3.14. The van der Waals surface area contributed by atoms with Gasteiger partial charge in [0.1, 0.15) is 0 Å². The average molecular weight is 254 g/mol. The number of nitrogens with two attached hydrogens (primary N) is 1. The highest BCUT2D eigenvalue weighted by molar-refractivity contribution is 8.06. The van der Waals surface area contributed by atoms with Crippen LogP contribution in [-0.4, -0.2) is 16.5 Å². The molecule has 1 atom stereocenters. The van der Waals surface area contributed by atoms with E-state index in [4.69, 9.17) is 5.73 Å². The second-order valence-corrected chi connectivity index (χ2v) is 5.95. The van der Waals surface area contributed by atoms with Gasteiger partial charge in [-0.25, -0.2) is 0 Å². The maximum atomic E-state index is 11.7. The molecule has 4 heteroatoms. The number of primary amides is 1. The summed E-state index contributed by atoms with van der Waals surface area (Å²) in [5, 5.41) is 0. The molecule has 1 aromatic rings. The van der Waals surface area contributed by atoms with Crippen molar-refractivity contribution >= 4 is 29.5 Å². The molecule has 1 unspecified atom stereocenters. The van der Waals surface area contributed by atoms with E-state index >= 15 is 0 Å². The molecule has 1 aromatic carbocycles. The van der Waals surface area contributed by atoms with Crippen LogP contribution in [0.15, 0.2) is 45.8 Å². The summed E-state index contributed by atoms with van der Waals surface area (Å²) in [6.07, 6.45) is 4.81. The number of carbonyl (C=O) groups is 1. The lowest BCUT2D eigenvalue weighted by Crippen LogP contribution is -2.37. The number of hydrogen-bond donors (Lipinski definition) is 1. The zero-order valence-corrected chi connectivity index (χ0v) is 10.3. The van der Waals surface area contributed by atoms with Crippen LogP contribution < -0.4 is 5.73 Å². The van der Waals surface area contributed by atoms with Crippen molar-refractivity contribution in [2.75, 3.05) is 0 Å². The van der Waals surface area contributed by atoms with Crippen molar-refractivity contribution in [1.29, 1.82) is 0 Å². The molecule has 0 spiro atoms. The third-order valence-corrected chi connectivity index (χ3v) is 5.00. The number of carbonyl (C=O) groups excluding carboxylic acids is 1. The van der Waals surface area contributed by atoms with Crippen molar-refractivity contribution in [3.63, 3.8) is 0 Å². The molecule has 2 heterocycles. The Balaban J connectivity index is 2.00. The predicted molar refractivity (Wildman–Crippen MR) is 73.2 cm³/mol. The fourth-order valence-corrected chi connectivity index (χ4v) is 3.99. The SMILES string of the molecule is NC(=O)C12CC3=C(S1)C(=N2)c1ccccc1C=C3. The smallest absolute Gasteiger partial charge is 0.256 e. The molecule has 2 aliphatic heterocycles. The Morgan fingerprint density at radius 1 is 1.33 bits per heavy atom. The van der Waals surface area contributed by atoms with Crippen LogP contribution in [0.1, 0.15) is 17.5 Å². The van der Waals surface area contributed by atoms with E-state index in [0.717, 1.165) is 21.7 Å². The first-order valence-corrected chi connectivity index (χ1v) is 6.61. The highest BCUT2D eigenvalue weighted by Crippen LogP contribution is 2.55. The van der Waals surface area contributed by atoms with Crippen LogP contribution in [-0.2, 0) is 4.79 Å². The van der Waals surface area contributed by atoms with Gasteiger partial charge in [0.15, 0.2) is 4.87 Å². The first kappa shape index (κ1) is 10.1. The molecule has 2 N–H and O–H groups in total. The molecular weight excluding hydrogens is 244 g/mol. The van der Waals surface area contributed by atoms with Crippen molar-refractivity contribution in [3.8, 4) is 0 Å². The van der Waals surface area contributed by atoms with E-state index in [9.17, 15) is 4.79 Å². The lowest BCUT2D eigenvalue weighted by Gasteiger charge is -2.17. The Morgan fingerprint density at radius 3 is 2.94 bits per heavy atom. The molecule has 0 fully saturated rings. The first-order valence-electron chi connectivity index (χ1n) is 5.79. The summed E-state index contributed by atoms with van der Waals surface area (Å²) in [6.45, 7) is 0. The van der Waals surface area contributed by atoms with Crippen LogP contribution in [0.3, 0.4) is 0 Å². The number of fused-ring (bicyclic) bond motifs is 3. The van der Waals surface area contributed by atoms with E-state index in [2.05, 4.69) is 23.2 Å². The first-order chi connectivity index (χ1) is 8.70. The van der Waals surface area contributed by atoms with Gasteiger partial charge in [-0.1, -0.05) is 48.2 Å². The van der Waals surface area contributed by atoms with Crippen LogP contribution >= 0.6 is 11.8 Å². The van der Waals surface area contributed by atoms with Crippen molar-refractivity contribution in [2.45, 2.75) is 11.3 Å². The van der Waals surface area contributed by atoms with Crippen molar-refractivity contribution in [1.82, 2.24) is 0 Å². The Morgan fingerprint density at radius 2 is 2.17 bits per heavy atom. The van der Waals surface area contributed by atoms with E-state index in [1.54, 1.807) is 0 Å². The van der Waals surface area contributed by atoms with Crippen LogP contribution in [0.5, 0.6) is 0 Å². The van der Waals surface area contributed by atoms with Gasteiger partial charge in [-0.2, -0.15) is 0 Å². The Bertz CT molecular complexity index is 687. The number of nitrogens with zero attached hydrogens (tertiary/aromatic N) is 1. The minimum atomic E-state index is -0.790. The summed E-state index contributed by atoms with van der Waals surface area (Å²) in [5.74, 6) is -0.345. The lowest BCUT2D eigenvalue weighted by atomic mass is 9.98. The molecule has 18 heavy (non-hydrogen) atoms. The van der Waals surface area contributed by atoms with Gasteiger partial charge in [0, 0.05) is 16.9 Å².